The molecule has 0 unspecified atom stereocenters. The number of hydrogen-bond donors (Lipinski definition) is 3. The van der Waals surface area contributed by atoms with Gasteiger partial charge in [-0.05, 0) is 18.6 Å². The minimum Gasteiger partial charge on any atom is -0.370 e. The Morgan fingerprint density at radius 2 is 2.04 bits per heavy atom. The number of anilines is 1. The highest BCUT2D eigenvalue weighted by atomic mass is 16.1. The zero-order valence-corrected chi connectivity index (χ0v) is 14.9. The van der Waals surface area contributed by atoms with E-state index in [0.717, 1.165) is 17.7 Å². The zero-order chi connectivity index (χ0) is 18.9. The fourth-order valence-corrected chi connectivity index (χ4v) is 2.38. The topological polar surface area (TPSA) is 120 Å². The lowest BCUT2D eigenvalue weighted by atomic mass is 10.1. The van der Waals surface area contributed by atoms with Crippen LogP contribution in [0.5, 0.6) is 0 Å². The number of hydrogen-bond acceptors (Lipinski definition) is 7. The maximum absolute atomic E-state index is 12.2. The Morgan fingerprint density at radius 3 is 2.85 bits per heavy atom. The fourth-order valence-electron chi connectivity index (χ4n) is 2.38. The molecule has 0 radical (unpaired) electrons. The smallest absolute Gasteiger partial charge is 0.270 e. The molecule has 3 rings (SSSR count). The van der Waals surface area contributed by atoms with Gasteiger partial charge in [0.2, 0.25) is 0 Å². The van der Waals surface area contributed by atoms with Crippen LogP contribution in [0.4, 0.5) is 11.8 Å². The average Bonchev–Trinajstić information content (AvgIpc) is 3.19. The van der Waals surface area contributed by atoms with Gasteiger partial charge in [-0.2, -0.15) is 15.2 Å². The maximum atomic E-state index is 12.2. The lowest BCUT2D eigenvalue weighted by Crippen LogP contribution is -2.26. The van der Waals surface area contributed by atoms with E-state index in [2.05, 4.69) is 41.0 Å². The molecule has 3 N–H and O–H groups in total. The Labute approximate surface area is 156 Å². The monoisotopic (exact) mass is 364 g/mol. The first-order chi connectivity index (χ1) is 13.3. The summed E-state index contributed by atoms with van der Waals surface area (Å²) in [5.74, 6) is 0.793. The van der Waals surface area contributed by atoms with Gasteiger partial charge in [-0.25, -0.2) is 4.98 Å². The van der Waals surface area contributed by atoms with E-state index in [-0.39, 0.29) is 5.91 Å². The largest absolute Gasteiger partial charge is 0.370 e. The van der Waals surface area contributed by atoms with E-state index in [1.165, 1.54) is 0 Å². The molecule has 0 aliphatic heterocycles. The molecule has 9 heteroatoms. The van der Waals surface area contributed by atoms with Gasteiger partial charge in [-0.3, -0.25) is 9.89 Å². The predicted octanol–water partition coefficient (Wildman–Crippen LogP) is 2.81. The zero-order valence-electron chi connectivity index (χ0n) is 14.9. The summed E-state index contributed by atoms with van der Waals surface area (Å²) >= 11 is 0. The summed E-state index contributed by atoms with van der Waals surface area (Å²) in [6.45, 7) is 1.18. The van der Waals surface area contributed by atoms with Crippen LogP contribution in [0.3, 0.4) is 0 Å². The summed E-state index contributed by atoms with van der Waals surface area (Å²) in [6.07, 6.45) is 2.35. The second kappa shape index (κ2) is 9.18. The highest BCUT2D eigenvalue weighted by molar-refractivity contribution is 5.93. The number of amides is 1. The van der Waals surface area contributed by atoms with Crippen LogP contribution in [0.25, 0.3) is 11.3 Å². The van der Waals surface area contributed by atoms with Gasteiger partial charge in [0.25, 0.3) is 11.9 Å². The molecule has 2 aromatic heterocycles. The predicted molar refractivity (Wildman–Crippen MR) is 102 cm³/mol. The summed E-state index contributed by atoms with van der Waals surface area (Å²) in [6, 6.07) is 13.2. The van der Waals surface area contributed by atoms with Crippen molar-refractivity contribution < 1.29 is 4.79 Å². The molecule has 1 amide bonds. The second-order valence-electron chi connectivity index (χ2n) is 5.61. The van der Waals surface area contributed by atoms with E-state index in [0.29, 0.717) is 30.5 Å². The molecule has 9 nitrogen and oxygen atoms in total. The molecule has 1 aromatic carbocycles. The van der Waals surface area contributed by atoms with Crippen molar-refractivity contribution in [3.63, 3.8) is 0 Å². The molecule has 0 fully saturated rings. The molecule has 0 aliphatic rings. The summed E-state index contributed by atoms with van der Waals surface area (Å²) in [5, 5.41) is 20.4. The summed E-state index contributed by atoms with van der Waals surface area (Å²) in [7, 11) is 1.56. The first kappa shape index (κ1) is 18.2. The van der Waals surface area contributed by atoms with Crippen LogP contribution < -0.4 is 10.6 Å². The van der Waals surface area contributed by atoms with Gasteiger partial charge >= 0.3 is 0 Å². The highest BCUT2D eigenvalue weighted by Crippen LogP contribution is 2.16. The van der Waals surface area contributed by atoms with Gasteiger partial charge in [-0.15, -0.1) is 5.11 Å². The molecule has 0 spiro atoms. The normalized spacial score (nSPS) is 10.9. The number of aromatic nitrogens is 4. The van der Waals surface area contributed by atoms with Gasteiger partial charge in [0.05, 0.1) is 5.69 Å². The van der Waals surface area contributed by atoms with Crippen molar-refractivity contribution in [1.29, 1.82) is 0 Å². The number of nitrogens with zero attached hydrogens (tertiary/aromatic N) is 5. The Kier molecular flexibility index (Phi) is 6.18. The van der Waals surface area contributed by atoms with Crippen LogP contribution in [-0.4, -0.2) is 46.2 Å². The Balaban J connectivity index is 1.42. The van der Waals surface area contributed by atoms with Crippen molar-refractivity contribution in [2.45, 2.75) is 6.42 Å². The van der Waals surface area contributed by atoms with Gasteiger partial charge < -0.3 is 10.6 Å². The van der Waals surface area contributed by atoms with Crippen molar-refractivity contribution in [2.75, 3.05) is 25.5 Å². The number of nitrogens with one attached hydrogen (secondary N) is 3. The van der Waals surface area contributed by atoms with Gasteiger partial charge in [-0.1, -0.05) is 30.3 Å². The Bertz CT molecular complexity index is 906. The Morgan fingerprint density at radius 1 is 1.19 bits per heavy atom. The number of azo groups is 1. The third-order valence-electron chi connectivity index (χ3n) is 3.67. The van der Waals surface area contributed by atoms with Crippen LogP contribution in [0.1, 0.15) is 16.9 Å². The fraction of sp³-hybridized carbons (Fsp3) is 0.222. The summed E-state index contributed by atoms with van der Waals surface area (Å²) in [4.78, 5) is 20.4. The number of carbonyl (C=O) groups is 1. The van der Waals surface area contributed by atoms with Crippen LogP contribution >= 0.6 is 0 Å². The molecule has 0 atom stereocenters. The molecule has 0 aliphatic carbocycles. The van der Waals surface area contributed by atoms with E-state index in [1.807, 2.05) is 30.3 Å². The van der Waals surface area contributed by atoms with Crippen molar-refractivity contribution >= 4 is 17.7 Å². The van der Waals surface area contributed by atoms with Crippen LogP contribution in [0, 0.1) is 0 Å². The number of benzene rings is 1. The minimum atomic E-state index is -0.183. The van der Waals surface area contributed by atoms with Crippen molar-refractivity contribution in [1.82, 2.24) is 25.5 Å². The first-order valence-corrected chi connectivity index (χ1v) is 8.52. The molecular weight excluding hydrogens is 344 g/mol. The van der Waals surface area contributed by atoms with Crippen LogP contribution in [-0.2, 0) is 0 Å². The standard InChI is InChI=1S/C18H20N8O/c1-19-26-18-22-11-8-16(23-18)20-9-5-10-21-17(27)15-12-14(24-25-15)13-6-3-2-4-7-13/h2-4,6-8,11-12H,5,9-10H2,1H3,(H,21,27)(H,24,25)(H,20,22,23). The number of rotatable bonds is 8. The lowest BCUT2D eigenvalue weighted by Gasteiger charge is -2.06. The summed E-state index contributed by atoms with van der Waals surface area (Å²) < 4.78 is 0. The van der Waals surface area contributed by atoms with Crippen molar-refractivity contribution in [3.8, 4) is 11.3 Å². The summed E-state index contributed by atoms with van der Waals surface area (Å²) in [5.41, 5.74) is 2.14. The minimum absolute atomic E-state index is 0.183. The van der Waals surface area contributed by atoms with E-state index in [9.17, 15) is 4.79 Å². The van der Waals surface area contributed by atoms with E-state index >= 15 is 0 Å². The van der Waals surface area contributed by atoms with E-state index in [1.54, 1.807) is 25.4 Å². The number of aromatic amines is 1. The molecule has 0 bridgehead atoms. The van der Waals surface area contributed by atoms with E-state index < -0.39 is 0 Å². The number of H-pyrrole nitrogens is 1. The lowest BCUT2D eigenvalue weighted by molar-refractivity contribution is 0.0948. The van der Waals surface area contributed by atoms with Crippen molar-refractivity contribution in [2.24, 2.45) is 10.2 Å². The average molecular weight is 364 g/mol. The second-order valence-corrected chi connectivity index (χ2v) is 5.61. The molecule has 138 valence electrons. The third-order valence-corrected chi connectivity index (χ3v) is 3.67. The van der Waals surface area contributed by atoms with Gasteiger partial charge in [0.1, 0.15) is 11.5 Å². The first-order valence-electron chi connectivity index (χ1n) is 8.52. The van der Waals surface area contributed by atoms with E-state index in [4.69, 9.17) is 0 Å². The maximum Gasteiger partial charge on any atom is 0.270 e. The SMILES string of the molecule is CN=Nc1nccc(NCCCNC(=O)c2cc(-c3ccccc3)n[nH]2)n1. The molecule has 27 heavy (non-hydrogen) atoms. The van der Waals surface area contributed by atoms with Crippen LogP contribution in [0.2, 0.25) is 0 Å². The number of carbonyl (C=O) groups excluding carboxylic acids is 1. The van der Waals surface area contributed by atoms with Gasteiger partial charge in [0, 0.05) is 31.9 Å². The quantitative estimate of drug-likeness (QED) is 0.419. The third kappa shape index (κ3) is 5.18. The molecule has 0 saturated carbocycles. The van der Waals surface area contributed by atoms with Crippen LogP contribution in [0.15, 0.2) is 58.9 Å². The Hall–Kier alpha value is -3.62. The molecule has 2 heterocycles. The van der Waals surface area contributed by atoms with Crippen molar-refractivity contribution in [3.05, 3.63) is 54.4 Å². The molecular formula is C18H20N8O. The van der Waals surface area contributed by atoms with Gasteiger partial charge in [0.15, 0.2) is 0 Å². The molecule has 3 aromatic rings. The highest BCUT2D eigenvalue weighted by Gasteiger charge is 2.10. The molecule has 0 saturated heterocycles.